The van der Waals surface area contributed by atoms with Crippen LogP contribution >= 0.6 is 63.7 Å². The van der Waals surface area contributed by atoms with Gasteiger partial charge in [-0.2, -0.15) is 0 Å². The number of hydrogen-bond donors (Lipinski definition) is 2. The van der Waals surface area contributed by atoms with Crippen LogP contribution in [0.25, 0.3) is 0 Å². The average Bonchev–Trinajstić information content (AvgIpc) is 2.50. The molecule has 2 N–H and O–H groups in total. The molecule has 0 radical (unpaired) electrons. The first-order valence-corrected chi connectivity index (χ1v) is 9.24. The Kier molecular flexibility index (Phi) is 5.99. The number of halogens is 4. The third kappa shape index (κ3) is 3.84. The van der Waals surface area contributed by atoms with E-state index < -0.39 is 11.9 Å². The third-order valence-corrected chi connectivity index (χ3v) is 7.65. The van der Waals surface area contributed by atoms with Crippen LogP contribution in [0.3, 0.4) is 0 Å². The number of carboxylic acids is 1. The number of pyridine rings is 1. The Morgan fingerprint density at radius 1 is 1.00 bits per heavy atom. The van der Waals surface area contributed by atoms with Gasteiger partial charge < -0.3 is 10.4 Å². The van der Waals surface area contributed by atoms with Crippen molar-refractivity contribution in [2.24, 2.45) is 0 Å². The summed E-state index contributed by atoms with van der Waals surface area (Å²) in [5.41, 5.74) is 1.13. The van der Waals surface area contributed by atoms with Crippen LogP contribution < -0.4 is 5.32 Å². The number of anilines is 1. The summed E-state index contributed by atoms with van der Waals surface area (Å²) < 4.78 is 1.63. The molecule has 1 aromatic heterocycles. The van der Waals surface area contributed by atoms with Crippen LogP contribution in [0.1, 0.15) is 26.4 Å². The van der Waals surface area contributed by atoms with Gasteiger partial charge in [0.05, 0.1) is 23.0 Å². The van der Waals surface area contributed by atoms with Crippen LogP contribution in [-0.4, -0.2) is 22.0 Å². The molecule has 0 aliphatic heterocycles. The van der Waals surface area contributed by atoms with E-state index >= 15 is 0 Å². The highest BCUT2D eigenvalue weighted by Gasteiger charge is 2.27. The molecular formula is C14H8Br4N2O3. The molecule has 2 rings (SSSR count). The van der Waals surface area contributed by atoms with E-state index in [0.29, 0.717) is 19.1 Å². The number of benzene rings is 1. The molecule has 0 aliphatic rings. The average molecular weight is 572 g/mol. The number of carbonyl (C=O) groups excluding carboxylic acids is 1. The normalized spacial score (nSPS) is 10.5. The van der Waals surface area contributed by atoms with Crippen molar-refractivity contribution in [3.05, 3.63) is 53.0 Å². The van der Waals surface area contributed by atoms with Crippen LogP contribution in [0.5, 0.6) is 0 Å². The molecule has 5 nitrogen and oxygen atoms in total. The molecule has 1 heterocycles. The summed E-state index contributed by atoms with van der Waals surface area (Å²) in [4.78, 5) is 28.2. The van der Waals surface area contributed by atoms with E-state index in [-0.39, 0.29) is 15.6 Å². The first kappa shape index (κ1) is 18.6. The summed E-state index contributed by atoms with van der Waals surface area (Å²) in [6.07, 6.45) is 1.50. The largest absolute Gasteiger partial charge is 0.478 e. The number of hydrogen-bond acceptors (Lipinski definition) is 3. The summed E-state index contributed by atoms with van der Waals surface area (Å²) in [7, 11) is 0. The highest BCUT2D eigenvalue weighted by molar-refractivity contribution is 9.15. The van der Waals surface area contributed by atoms with E-state index in [0.717, 1.165) is 5.69 Å². The van der Waals surface area contributed by atoms with Gasteiger partial charge in [-0.1, -0.05) is 0 Å². The number of nitrogens with one attached hydrogen (secondary N) is 1. The third-order valence-electron chi connectivity index (χ3n) is 2.88. The lowest BCUT2D eigenvalue weighted by Crippen LogP contribution is -2.18. The Morgan fingerprint density at radius 2 is 1.57 bits per heavy atom. The fourth-order valence-electron chi connectivity index (χ4n) is 1.78. The maximum absolute atomic E-state index is 12.6. The smallest absolute Gasteiger partial charge is 0.337 e. The van der Waals surface area contributed by atoms with Crippen molar-refractivity contribution in [1.82, 2.24) is 4.98 Å². The van der Waals surface area contributed by atoms with Crippen LogP contribution in [-0.2, 0) is 0 Å². The zero-order valence-corrected chi connectivity index (χ0v) is 17.8. The van der Waals surface area contributed by atoms with E-state index in [1.165, 1.54) is 6.20 Å². The van der Waals surface area contributed by atoms with E-state index in [1.54, 1.807) is 12.1 Å². The van der Waals surface area contributed by atoms with Crippen molar-refractivity contribution >= 4 is 81.3 Å². The molecule has 1 amide bonds. The van der Waals surface area contributed by atoms with Crippen LogP contribution in [0.4, 0.5) is 5.69 Å². The number of nitrogens with zero attached hydrogens (tertiary/aromatic N) is 1. The number of aromatic carboxylic acids is 1. The molecule has 0 saturated heterocycles. The Balaban J connectivity index is 2.55. The van der Waals surface area contributed by atoms with Gasteiger partial charge in [0.1, 0.15) is 0 Å². The van der Waals surface area contributed by atoms with E-state index in [4.69, 9.17) is 0 Å². The second kappa shape index (κ2) is 7.42. The number of rotatable bonds is 3. The molecule has 1 aromatic carbocycles. The summed E-state index contributed by atoms with van der Waals surface area (Å²) in [5, 5.41) is 12.1. The molecule has 2 aromatic rings. The maximum atomic E-state index is 12.6. The second-order valence-corrected chi connectivity index (χ2v) is 7.63. The zero-order chi connectivity index (χ0) is 17.3. The number of amides is 1. The summed E-state index contributed by atoms with van der Waals surface area (Å²) in [6, 6.07) is 3.44. The summed E-state index contributed by atoms with van der Waals surface area (Å²) in [6.45, 7) is 1.83. The van der Waals surface area contributed by atoms with Gasteiger partial charge in [0.2, 0.25) is 0 Å². The molecule has 0 atom stereocenters. The first-order valence-electron chi connectivity index (χ1n) is 6.07. The molecule has 0 unspecified atom stereocenters. The minimum atomic E-state index is -1.22. The lowest BCUT2D eigenvalue weighted by atomic mass is 10.1. The standard InChI is InChI=1S/C14H8Br4N2O3/c1-5-2-3-6(4-19-5)20-13(21)7-8(14(22)23)10(16)12(18)11(17)9(7)15/h2-4H,1H3,(H,20,21)(H,22,23). The first-order chi connectivity index (χ1) is 10.7. The fraction of sp³-hybridized carbons (Fsp3) is 0.0714. The minimum Gasteiger partial charge on any atom is -0.478 e. The van der Waals surface area contributed by atoms with Crippen LogP contribution in [0, 0.1) is 6.92 Å². The monoisotopic (exact) mass is 568 g/mol. The van der Waals surface area contributed by atoms with Crippen LogP contribution in [0.15, 0.2) is 36.2 Å². The summed E-state index contributed by atoms with van der Waals surface area (Å²) in [5.74, 6) is -1.79. The molecule has 0 spiro atoms. The van der Waals surface area contributed by atoms with Gasteiger partial charge in [0.15, 0.2) is 0 Å². The van der Waals surface area contributed by atoms with Crippen molar-refractivity contribution in [2.45, 2.75) is 6.92 Å². The van der Waals surface area contributed by atoms with Crippen LogP contribution in [0.2, 0.25) is 0 Å². The molecule has 0 bridgehead atoms. The topological polar surface area (TPSA) is 79.3 Å². The van der Waals surface area contributed by atoms with Gasteiger partial charge in [-0.3, -0.25) is 9.78 Å². The number of aryl methyl sites for hydroxylation is 1. The zero-order valence-electron chi connectivity index (χ0n) is 11.5. The SMILES string of the molecule is Cc1ccc(NC(=O)c2c(Br)c(Br)c(Br)c(Br)c2C(=O)O)cn1. The Labute approximate surface area is 165 Å². The Hall–Kier alpha value is -0.770. The van der Waals surface area contributed by atoms with Gasteiger partial charge in [-0.25, -0.2) is 4.79 Å². The summed E-state index contributed by atoms with van der Waals surface area (Å²) >= 11 is 13.1. The van der Waals surface area contributed by atoms with Crippen molar-refractivity contribution < 1.29 is 14.7 Å². The minimum absolute atomic E-state index is 0.0000231. The molecule has 0 aliphatic carbocycles. The molecule has 9 heteroatoms. The van der Waals surface area contributed by atoms with E-state index in [9.17, 15) is 14.7 Å². The van der Waals surface area contributed by atoms with Gasteiger partial charge in [-0.15, -0.1) is 0 Å². The van der Waals surface area contributed by atoms with Crippen molar-refractivity contribution in [3.8, 4) is 0 Å². The van der Waals surface area contributed by atoms with E-state index in [2.05, 4.69) is 74.0 Å². The fourth-order valence-corrected chi connectivity index (χ4v) is 4.25. The molecule has 0 fully saturated rings. The van der Waals surface area contributed by atoms with Gasteiger partial charge in [0.25, 0.3) is 5.91 Å². The number of carboxylic acid groups (broad SMARTS) is 1. The highest BCUT2D eigenvalue weighted by Crippen LogP contribution is 2.42. The second-order valence-electron chi connectivity index (χ2n) is 4.45. The Morgan fingerprint density at radius 3 is 2.04 bits per heavy atom. The molecule has 0 saturated carbocycles. The quantitative estimate of drug-likeness (QED) is 0.383. The van der Waals surface area contributed by atoms with Gasteiger partial charge >= 0.3 is 5.97 Å². The maximum Gasteiger partial charge on any atom is 0.337 e. The molecule has 23 heavy (non-hydrogen) atoms. The number of carbonyl (C=O) groups is 2. The molecule has 120 valence electrons. The highest BCUT2D eigenvalue weighted by atomic mass is 79.9. The van der Waals surface area contributed by atoms with Crippen molar-refractivity contribution in [1.29, 1.82) is 0 Å². The number of aromatic nitrogens is 1. The van der Waals surface area contributed by atoms with Crippen molar-refractivity contribution in [2.75, 3.05) is 5.32 Å². The predicted molar refractivity (Wildman–Crippen MR) is 101 cm³/mol. The lowest BCUT2D eigenvalue weighted by molar-refractivity contribution is 0.0691. The van der Waals surface area contributed by atoms with Crippen molar-refractivity contribution in [3.63, 3.8) is 0 Å². The van der Waals surface area contributed by atoms with E-state index in [1.807, 2.05) is 6.92 Å². The van der Waals surface area contributed by atoms with Gasteiger partial charge in [-0.05, 0) is 82.8 Å². The lowest BCUT2D eigenvalue weighted by Gasteiger charge is -2.14. The molecular weight excluding hydrogens is 564 g/mol. The Bertz CT molecular complexity index is 807. The van der Waals surface area contributed by atoms with Gasteiger partial charge in [0, 0.05) is 23.6 Å². The predicted octanol–water partition coefficient (Wildman–Crippen LogP) is 5.39.